The summed E-state index contributed by atoms with van der Waals surface area (Å²) >= 11 is 0. The number of ether oxygens (including phenoxy) is 3. The van der Waals surface area contributed by atoms with Crippen LogP contribution in [0.2, 0.25) is 0 Å². The van der Waals surface area contributed by atoms with Crippen molar-refractivity contribution >= 4 is 17.9 Å². The average Bonchev–Trinajstić information content (AvgIpc) is 3.46. The van der Waals surface area contributed by atoms with Gasteiger partial charge in [-0.15, -0.1) is 0 Å². The SMILES string of the molecule is CC/C=C\C/C=C\C/C=C\C/C=C\C/C=C\C/C=C\CCCCC(=O)OCC(COC(=O)CCCCCCCCCCCCCCCCCCCCCC)OC(=O)CCCCCCCC/C=C\C/C=C\C/C=C\CCCCCCC. The number of hydrogen-bond acceptors (Lipinski definition) is 6. The molecule has 0 heterocycles. The van der Waals surface area contributed by atoms with E-state index >= 15 is 0 Å². The fourth-order valence-electron chi connectivity index (χ4n) is 9.45. The standard InChI is InChI=1S/C74H126O6/c1-4-7-10-13-16-19-22-25-28-31-34-37-40-43-46-49-52-55-58-61-64-67-73(76)79-70-71(69-78-72(75)66-63-60-57-54-51-48-45-42-39-36-33-30-27-24-21-18-15-12-9-6-3)80-74(77)68-65-62-59-56-53-50-47-44-41-38-35-32-29-26-23-20-17-14-11-8-5-2/h7,10,16,19,23,25-26,28,32,34-35,37,41,43-44,46,52,55,71H,4-6,8-9,11-15,17-18,20-22,24,27,29-31,33,36,38-40,42,45,47-51,53-54,56-70H2,1-3H3/b10-7-,19-16-,26-23-,28-25-,35-32-,37-34-,44-41-,46-43-,55-52-. The third kappa shape index (κ3) is 64.9. The Kier molecular flexibility index (Phi) is 64.3. The van der Waals surface area contributed by atoms with Gasteiger partial charge in [0, 0.05) is 19.3 Å². The molecule has 0 saturated carbocycles. The molecule has 0 rings (SSSR count). The first-order valence-electron chi connectivity index (χ1n) is 33.9. The lowest BCUT2D eigenvalue weighted by Gasteiger charge is -2.18. The van der Waals surface area contributed by atoms with Crippen LogP contribution < -0.4 is 0 Å². The van der Waals surface area contributed by atoms with Gasteiger partial charge in [-0.1, -0.05) is 304 Å². The Balaban J connectivity index is 4.48. The first-order chi connectivity index (χ1) is 39.5. The van der Waals surface area contributed by atoms with E-state index in [1.807, 2.05) is 0 Å². The van der Waals surface area contributed by atoms with Crippen LogP contribution >= 0.6 is 0 Å². The highest BCUT2D eigenvalue weighted by Crippen LogP contribution is 2.17. The predicted molar refractivity (Wildman–Crippen MR) is 348 cm³/mol. The maximum Gasteiger partial charge on any atom is 0.306 e. The van der Waals surface area contributed by atoms with Crippen LogP contribution in [0.15, 0.2) is 109 Å². The smallest absolute Gasteiger partial charge is 0.306 e. The molecule has 6 nitrogen and oxygen atoms in total. The maximum atomic E-state index is 12.9. The Labute approximate surface area is 495 Å². The van der Waals surface area contributed by atoms with Crippen molar-refractivity contribution in [2.24, 2.45) is 0 Å². The lowest BCUT2D eigenvalue weighted by molar-refractivity contribution is -0.167. The van der Waals surface area contributed by atoms with E-state index in [1.165, 1.54) is 161 Å². The van der Waals surface area contributed by atoms with Gasteiger partial charge in [0.25, 0.3) is 0 Å². The van der Waals surface area contributed by atoms with Gasteiger partial charge < -0.3 is 14.2 Å². The summed E-state index contributed by atoms with van der Waals surface area (Å²) < 4.78 is 16.9. The molecule has 0 aliphatic heterocycles. The minimum atomic E-state index is -0.806. The van der Waals surface area contributed by atoms with Gasteiger partial charge in [-0.05, 0) is 109 Å². The van der Waals surface area contributed by atoms with Crippen molar-refractivity contribution in [3.8, 4) is 0 Å². The molecule has 0 N–H and O–H groups in total. The van der Waals surface area contributed by atoms with E-state index in [2.05, 4.69) is 130 Å². The number of unbranched alkanes of at least 4 members (excludes halogenated alkanes) is 32. The summed E-state index contributed by atoms with van der Waals surface area (Å²) in [7, 11) is 0. The lowest BCUT2D eigenvalue weighted by atomic mass is 10.0. The second-order valence-corrected chi connectivity index (χ2v) is 22.4. The number of allylic oxidation sites excluding steroid dienone is 18. The lowest BCUT2D eigenvalue weighted by Crippen LogP contribution is -2.30. The van der Waals surface area contributed by atoms with Crippen molar-refractivity contribution in [3.05, 3.63) is 109 Å². The van der Waals surface area contributed by atoms with Gasteiger partial charge in [0.15, 0.2) is 6.10 Å². The highest BCUT2D eigenvalue weighted by Gasteiger charge is 2.19. The van der Waals surface area contributed by atoms with Gasteiger partial charge in [0.1, 0.15) is 13.2 Å². The van der Waals surface area contributed by atoms with Crippen LogP contribution in [0.25, 0.3) is 0 Å². The van der Waals surface area contributed by atoms with E-state index in [-0.39, 0.29) is 31.1 Å². The Morgan fingerprint density at radius 1 is 0.263 bits per heavy atom. The zero-order chi connectivity index (χ0) is 57.8. The summed E-state index contributed by atoms with van der Waals surface area (Å²) in [5, 5.41) is 0. The van der Waals surface area contributed by atoms with E-state index in [0.717, 1.165) is 122 Å². The van der Waals surface area contributed by atoms with Crippen LogP contribution in [0.1, 0.15) is 323 Å². The van der Waals surface area contributed by atoms with Gasteiger partial charge in [-0.25, -0.2) is 0 Å². The third-order valence-electron chi connectivity index (χ3n) is 14.5. The molecule has 458 valence electrons. The molecule has 0 fully saturated rings. The molecule has 6 heteroatoms. The first-order valence-corrected chi connectivity index (χ1v) is 33.9. The van der Waals surface area contributed by atoms with E-state index in [1.54, 1.807) is 0 Å². The quantitative estimate of drug-likeness (QED) is 0.0261. The van der Waals surface area contributed by atoms with Gasteiger partial charge in [-0.3, -0.25) is 14.4 Å². The van der Waals surface area contributed by atoms with Crippen LogP contribution in [0.5, 0.6) is 0 Å². The fraction of sp³-hybridized carbons (Fsp3) is 0.716. The number of carbonyl (C=O) groups excluding carboxylic acids is 3. The van der Waals surface area contributed by atoms with Crippen LogP contribution in [0.4, 0.5) is 0 Å². The molecule has 0 saturated heterocycles. The molecular weight excluding hydrogens is 985 g/mol. The highest BCUT2D eigenvalue weighted by atomic mass is 16.6. The fourth-order valence-corrected chi connectivity index (χ4v) is 9.45. The van der Waals surface area contributed by atoms with Gasteiger partial charge in [0.2, 0.25) is 0 Å². The molecule has 0 aliphatic rings. The molecule has 0 aromatic heterocycles. The van der Waals surface area contributed by atoms with Crippen LogP contribution in [-0.2, 0) is 28.6 Å². The summed E-state index contributed by atoms with van der Waals surface area (Å²) in [6.07, 6.45) is 92.4. The number of rotatable bonds is 61. The van der Waals surface area contributed by atoms with Crippen LogP contribution in [-0.4, -0.2) is 37.2 Å². The van der Waals surface area contributed by atoms with Crippen molar-refractivity contribution in [2.75, 3.05) is 13.2 Å². The van der Waals surface area contributed by atoms with Gasteiger partial charge in [0.05, 0.1) is 0 Å². The van der Waals surface area contributed by atoms with Crippen LogP contribution in [0, 0.1) is 0 Å². The summed E-state index contributed by atoms with van der Waals surface area (Å²) in [5.41, 5.74) is 0. The second kappa shape index (κ2) is 67.6. The van der Waals surface area contributed by atoms with Crippen molar-refractivity contribution in [3.63, 3.8) is 0 Å². The monoisotopic (exact) mass is 1110 g/mol. The third-order valence-corrected chi connectivity index (χ3v) is 14.5. The summed E-state index contributed by atoms with van der Waals surface area (Å²) in [4.78, 5) is 38.4. The first kappa shape index (κ1) is 76.1. The van der Waals surface area contributed by atoms with Crippen molar-refractivity contribution in [2.45, 2.75) is 329 Å². The van der Waals surface area contributed by atoms with E-state index in [4.69, 9.17) is 14.2 Å². The normalized spacial score (nSPS) is 12.8. The van der Waals surface area contributed by atoms with Crippen molar-refractivity contribution < 1.29 is 28.6 Å². The van der Waals surface area contributed by atoms with Gasteiger partial charge >= 0.3 is 17.9 Å². The Bertz CT molecular complexity index is 1610. The van der Waals surface area contributed by atoms with E-state index in [9.17, 15) is 14.4 Å². The molecule has 0 aromatic carbocycles. The zero-order valence-electron chi connectivity index (χ0n) is 52.6. The number of carbonyl (C=O) groups is 3. The second-order valence-electron chi connectivity index (χ2n) is 22.4. The average molecular weight is 1110 g/mol. The Morgan fingerprint density at radius 3 is 0.787 bits per heavy atom. The van der Waals surface area contributed by atoms with Gasteiger partial charge in [-0.2, -0.15) is 0 Å². The summed E-state index contributed by atoms with van der Waals surface area (Å²) in [6, 6.07) is 0. The molecule has 80 heavy (non-hydrogen) atoms. The molecule has 1 atom stereocenters. The molecular formula is C74H126O6. The molecule has 0 bridgehead atoms. The molecule has 0 aliphatic carbocycles. The Hall–Kier alpha value is -3.93. The van der Waals surface area contributed by atoms with E-state index < -0.39 is 6.10 Å². The minimum absolute atomic E-state index is 0.0961. The molecule has 0 aromatic rings. The zero-order valence-corrected chi connectivity index (χ0v) is 52.6. The topological polar surface area (TPSA) is 78.9 Å². The molecule has 0 spiro atoms. The summed E-state index contributed by atoms with van der Waals surface area (Å²) in [6.45, 7) is 6.51. The summed E-state index contributed by atoms with van der Waals surface area (Å²) in [5.74, 6) is -0.942. The van der Waals surface area contributed by atoms with Crippen molar-refractivity contribution in [1.82, 2.24) is 0 Å². The van der Waals surface area contributed by atoms with Crippen LogP contribution in [0.3, 0.4) is 0 Å². The largest absolute Gasteiger partial charge is 0.462 e. The molecule has 1 unspecified atom stereocenters. The molecule has 0 amide bonds. The Morgan fingerprint density at radius 2 is 0.487 bits per heavy atom. The minimum Gasteiger partial charge on any atom is -0.462 e. The number of esters is 3. The van der Waals surface area contributed by atoms with Crippen molar-refractivity contribution in [1.29, 1.82) is 0 Å². The number of hydrogen-bond donors (Lipinski definition) is 0. The van der Waals surface area contributed by atoms with E-state index in [0.29, 0.717) is 19.3 Å². The maximum absolute atomic E-state index is 12.9. The highest BCUT2D eigenvalue weighted by molar-refractivity contribution is 5.71. The molecule has 0 radical (unpaired) electrons. The predicted octanol–water partition coefficient (Wildman–Crippen LogP) is 23.4.